The van der Waals surface area contributed by atoms with Gasteiger partial charge in [-0.15, -0.1) is 0 Å². The van der Waals surface area contributed by atoms with E-state index >= 15 is 0 Å². The molecule has 14 nitrogen and oxygen atoms in total. The highest BCUT2D eigenvalue weighted by molar-refractivity contribution is 6.15. The molecule has 2 unspecified atom stereocenters. The smallest absolute Gasteiger partial charge is 0.329 e. The van der Waals surface area contributed by atoms with E-state index in [1.54, 1.807) is 0 Å². The summed E-state index contributed by atoms with van der Waals surface area (Å²) in [5.41, 5.74) is 0. The molecule has 0 saturated heterocycles. The van der Waals surface area contributed by atoms with E-state index in [1.165, 1.54) is 24.3 Å². The topological polar surface area (TPSA) is 164 Å². The Morgan fingerprint density at radius 1 is 0.426 bits per heavy atom. The van der Waals surface area contributed by atoms with Crippen molar-refractivity contribution in [2.24, 2.45) is 11.8 Å². The van der Waals surface area contributed by atoms with Crippen molar-refractivity contribution in [3.05, 3.63) is 24.3 Å². The van der Waals surface area contributed by atoms with Crippen molar-refractivity contribution in [2.75, 3.05) is 66.1 Å². The Bertz CT molecular complexity index is 1090. The van der Waals surface area contributed by atoms with Gasteiger partial charge in [-0.3, -0.25) is 29.0 Å². The quantitative estimate of drug-likeness (QED) is 0.0514. The van der Waals surface area contributed by atoms with Gasteiger partial charge < -0.3 is 28.4 Å². The van der Waals surface area contributed by atoms with Gasteiger partial charge >= 0.3 is 11.9 Å². The molecule has 306 valence electrons. The number of nitrogens with zero attached hydrogens (tertiary/aromatic N) is 2. The molecule has 0 aromatic rings. The largest absolute Gasteiger partial charge is 0.464 e. The minimum absolute atomic E-state index is 0.121. The number of esters is 2. The molecular formula is C40H64N2O12. The molecule has 0 aromatic heterocycles. The van der Waals surface area contributed by atoms with E-state index in [1.807, 2.05) is 27.7 Å². The average molecular weight is 765 g/mol. The van der Waals surface area contributed by atoms with Crippen LogP contribution in [0, 0.1) is 11.8 Å². The summed E-state index contributed by atoms with van der Waals surface area (Å²) in [7, 11) is 0. The first-order valence-electron chi connectivity index (χ1n) is 19.8. The van der Waals surface area contributed by atoms with Crippen LogP contribution in [0.25, 0.3) is 0 Å². The molecule has 0 saturated carbocycles. The van der Waals surface area contributed by atoms with Crippen molar-refractivity contribution in [3.8, 4) is 0 Å². The first-order valence-corrected chi connectivity index (χ1v) is 19.8. The van der Waals surface area contributed by atoms with Crippen molar-refractivity contribution >= 4 is 35.6 Å². The summed E-state index contributed by atoms with van der Waals surface area (Å²) in [5, 5.41) is 0. The lowest BCUT2D eigenvalue weighted by atomic mass is 10.0. The molecule has 54 heavy (non-hydrogen) atoms. The lowest BCUT2D eigenvalue weighted by molar-refractivity contribution is -0.158. The van der Waals surface area contributed by atoms with Crippen LogP contribution in [-0.2, 0) is 57.2 Å². The van der Waals surface area contributed by atoms with Crippen molar-refractivity contribution in [1.29, 1.82) is 0 Å². The number of amides is 4. The van der Waals surface area contributed by atoms with E-state index in [0.29, 0.717) is 78.5 Å². The zero-order chi connectivity index (χ0) is 39.6. The van der Waals surface area contributed by atoms with Gasteiger partial charge in [0.05, 0.1) is 13.2 Å². The van der Waals surface area contributed by atoms with Crippen LogP contribution in [0.5, 0.6) is 0 Å². The average Bonchev–Trinajstić information content (AvgIpc) is 3.64. The first-order chi connectivity index (χ1) is 26.0. The predicted molar refractivity (Wildman–Crippen MR) is 200 cm³/mol. The second-order valence-corrected chi connectivity index (χ2v) is 14.4. The Kier molecular flexibility index (Phi) is 24.2. The van der Waals surface area contributed by atoms with Crippen LogP contribution in [0.4, 0.5) is 0 Å². The summed E-state index contributed by atoms with van der Waals surface area (Å²) >= 11 is 0. The van der Waals surface area contributed by atoms with E-state index in [9.17, 15) is 28.8 Å². The monoisotopic (exact) mass is 764 g/mol. The van der Waals surface area contributed by atoms with Crippen LogP contribution in [0.1, 0.15) is 105 Å². The minimum atomic E-state index is -0.896. The van der Waals surface area contributed by atoms with E-state index in [2.05, 4.69) is 0 Å². The Balaban J connectivity index is 1.30. The molecule has 0 bridgehead atoms. The van der Waals surface area contributed by atoms with E-state index < -0.39 is 47.7 Å². The third kappa shape index (κ3) is 19.2. The summed E-state index contributed by atoms with van der Waals surface area (Å²) < 4.78 is 33.5. The fraction of sp³-hybridized carbons (Fsp3) is 0.750. The second kappa shape index (κ2) is 28.0. The number of unbranched alkanes of at least 4 members (excludes halogenated alkanes) is 5. The molecular weight excluding hydrogens is 700 g/mol. The molecule has 2 atom stereocenters. The van der Waals surface area contributed by atoms with Crippen molar-refractivity contribution in [3.63, 3.8) is 0 Å². The van der Waals surface area contributed by atoms with E-state index in [4.69, 9.17) is 28.4 Å². The van der Waals surface area contributed by atoms with Crippen molar-refractivity contribution in [2.45, 2.75) is 117 Å². The number of rotatable bonds is 33. The molecule has 0 aromatic carbocycles. The van der Waals surface area contributed by atoms with Crippen molar-refractivity contribution < 1.29 is 57.2 Å². The van der Waals surface area contributed by atoms with Crippen LogP contribution in [0.3, 0.4) is 0 Å². The number of carbonyl (C=O) groups excluding carboxylic acids is 6. The Morgan fingerprint density at radius 2 is 0.648 bits per heavy atom. The van der Waals surface area contributed by atoms with Gasteiger partial charge in [0, 0.05) is 77.2 Å². The standard InChI is InChI=1S/C40H64N2O12/c1-31(2)29-33(41-35(43)15-16-36(41)44)39(47)53-27-13-11-25-51-23-9-7-21-49-19-5-6-20-50-22-8-10-24-52-26-12-14-28-54-40(48)34(30-32(3)4)42-37(45)17-18-38(42)46/h15-18,31-34H,5-14,19-30H2,1-4H3. The maximum absolute atomic E-state index is 12.6. The number of ether oxygens (including phenoxy) is 6. The molecule has 14 heteroatoms. The van der Waals surface area contributed by atoms with Gasteiger partial charge in [0.2, 0.25) is 0 Å². The SMILES string of the molecule is CC(C)CC(C(=O)OCCCCOCCCCOCCCCOCCCCOCCCCOC(=O)C(CC(C)C)N1C(=O)C=CC1=O)N1C(=O)C=CC1=O. The Hall–Kier alpha value is -3.46. The molecule has 2 aliphatic heterocycles. The minimum Gasteiger partial charge on any atom is -0.464 e. The molecule has 2 aliphatic rings. The number of imide groups is 2. The molecule has 0 aliphatic carbocycles. The van der Waals surface area contributed by atoms with Crippen LogP contribution in [0.15, 0.2) is 24.3 Å². The zero-order valence-electron chi connectivity index (χ0n) is 33.0. The number of carbonyl (C=O) groups is 6. The fourth-order valence-electron chi connectivity index (χ4n) is 5.73. The van der Waals surface area contributed by atoms with Gasteiger partial charge in [-0.25, -0.2) is 9.59 Å². The molecule has 0 N–H and O–H groups in total. The maximum atomic E-state index is 12.6. The second-order valence-electron chi connectivity index (χ2n) is 14.4. The molecule has 2 rings (SSSR count). The van der Waals surface area contributed by atoms with Gasteiger partial charge in [0.25, 0.3) is 23.6 Å². The van der Waals surface area contributed by atoms with Gasteiger partial charge in [0.1, 0.15) is 12.1 Å². The lowest BCUT2D eigenvalue weighted by Crippen LogP contribution is -2.46. The number of hydrogen-bond donors (Lipinski definition) is 0. The van der Waals surface area contributed by atoms with Crippen LogP contribution in [-0.4, -0.2) is 124 Å². The van der Waals surface area contributed by atoms with Crippen molar-refractivity contribution in [1.82, 2.24) is 9.80 Å². The van der Waals surface area contributed by atoms with Gasteiger partial charge in [-0.2, -0.15) is 0 Å². The van der Waals surface area contributed by atoms with Crippen LogP contribution in [0.2, 0.25) is 0 Å². The summed E-state index contributed by atoms with van der Waals surface area (Å²) in [4.78, 5) is 75.2. The highest BCUT2D eigenvalue weighted by Gasteiger charge is 2.38. The van der Waals surface area contributed by atoms with Gasteiger partial charge in [-0.1, -0.05) is 27.7 Å². The Morgan fingerprint density at radius 3 is 0.870 bits per heavy atom. The number of hydrogen-bond acceptors (Lipinski definition) is 12. The summed E-state index contributed by atoms with van der Waals surface area (Å²) in [5.74, 6) is -2.76. The van der Waals surface area contributed by atoms with E-state index in [0.717, 1.165) is 61.2 Å². The highest BCUT2D eigenvalue weighted by atomic mass is 16.5. The van der Waals surface area contributed by atoms with Crippen LogP contribution < -0.4 is 0 Å². The summed E-state index contributed by atoms with van der Waals surface area (Å²) in [6.45, 7) is 13.4. The normalized spacial score (nSPS) is 15.4. The predicted octanol–water partition coefficient (Wildman–Crippen LogP) is 4.72. The van der Waals surface area contributed by atoms with Gasteiger partial charge in [0.15, 0.2) is 0 Å². The first kappa shape index (κ1) is 46.7. The van der Waals surface area contributed by atoms with Gasteiger partial charge in [-0.05, 0) is 88.9 Å². The molecule has 0 fully saturated rings. The fourth-order valence-corrected chi connectivity index (χ4v) is 5.73. The third-order valence-electron chi connectivity index (χ3n) is 8.58. The molecule has 4 amide bonds. The molecule has 2 heterocycles. The lowest BCUT2D eigenvalue weighted by Gasteiger charge is -2.25. The highest BCUT2D eigenvalue weighted by Crippen LogP contribution is 2.19. The Labute approximate surface area is 321 Å². The zero-order valence-corrected chi connectivity index (χ0v) is 33.0. The third-order valence-corrected chi connectivity index (χ3v) is 8.58. The summed E-state index contributed by atoms with van der Waals surface area (Å²) in [6, 6.07) is -1.79. The van der Waals surface area contributed by atoms with E-state index in [-0.39, 0.29) is 25.0 Å². The molecule has 0 spiro atoms. The summed E-state index contributed by atoms with van der Waals surface area (Å²) in [6.07, 6.45) is 13.8. The van der Waals surface area contributed by atoms with Crippen LogP contribution >= 0.6 is 0 Å². The maximum Gasteiger partial charge on any atom is 0.329 e. The molecule has 0 radical (unpaired) electrons.